The molecule has 0 aliphatic heterocycles. The third-order valence-corrected chi connectivity index (χ3v) is 2.83. The van der Waals surface area contributed by atoms with Crippen LogP contribution in [0.2, 0.25) is 0 Å². The van der Waals surface area contributed by atoms with Crippen LogP contribution in [0.15, 0.2) is 12.7 Å². The maximum atomic E-state index is 12.0. The van der Waals surface area contributed by atoms with Gasteiger partial charge in [0.1, 0.15) is 12.7 Å². The van der Waals surface area contributed by atoms with Crippen molar-refractivity contribution in [3.8, 4) is 12.3 Å². The zero-order valence-corrected chi connectivity index (χ0v) is 9.75. The van der Waals surface area contributed by atoms with Gasteiger partial charge in [0.05, 0.1) is 13.1 Å². The van der Waals surface area contributed by atoms with Crippen LogP contribution in [-0.2, 0) is 11.3 Å². The first-order valence-electron chi connectivity index (χ1n) is 5.83. The summed E-state index contributed by atoms with van der Waals surface area (Å²) in [5.74, 6) is 3.31. The monoisotopic (exact) mass is 232 g/mol. The first-order valence-corrected chi connectivity index (χ1v) is 5.83. The van der Waals surface area contributed by atoms with Gasteiger partial charge in [0.2, 0.25) is 5.91 Å². The third-order valence-electron chi connectivity index (χ3n) is 2.83. The van der Waals surface area contributed by atoms with Crippen LogP contribution in [-0.4, -0.2) is 38.7 Å². The summed E-state index contributed by atoms with van der Waals surface area (Å²) in [5, 5.41) is 3.96. The molecule has 2 rings (SSSR count). The smallest absolute Gasteiger partial charge is 0.225 e. The first kappa shape index (κ1) is 11.6. The molecule has 17 heavy (non-hydrogen) atoms. The zero-order chi connectivity index (χ0) is 12.1. The highest BCUT2D eigenvalue weighted by atomic mass is 16.2. The van der Waals surface area contributed by atoms with Gasteiger partial charge in [-0.2, -0.15) is 5.10 Å². The molecule has 0 N–H and O–H groups in total. The molecule has 0 unspecified atom stereocenters. The third kappa shape index (κ3) is 3.59. The van der Waals surface area contributed by atoms with Crippen LogP contribution in [0.3, 0.4) is 0 Å². The van der Waals surface area contributed by atoms with E-state index in [0.717, 1.165) is 6.54 Å². The SMILES string of the molecule is C#CCN(CC1CC1)C(=O)CCn1cncn1. The molecule has 1 amide bonds. The Kier molecular flexibility index (Phi) is 3.76. The number of rotatable bonds is 6. The molecule has 1 heterocycles. The van der Waals surface area contributed by atoms with E-state index in [1.165, 1.54) is 19.2 Å². The highest BCUT2D eigenvalue weighted by molar-refractivity contribution is 5.76. The molecule has 1 aromatic heterocycles. The van der Waals surface area contributed by atoms with E-state index in [1.54, 1.807) is 15.9 Å². The maximum Gasteiger partial charge on any atom is 0.225 e. The minimum absolute atomic E-state index is 0.102. The largest absolute Gasteiger partial charge is 0.331 e. The highest BCUT2D eigenvalue weighted by Crippen LogP contribution is 2.29. The van der Waals surface area contributed by atoms with Gasteiger partial charge in [0.15, 0.2) is 0 Å². The molecule has 0 aromatic carbocycles. The molecule has 0 atom stereocenters. The van der Waals surface area contributed by atoms with Crippen LogP contribution in [0.1, 0.15) is 19.3 Å². The molecule has 1 aliphatic rings. The first-order chi connectivity index (χ1) is 8.29. The number of hydrogen-bond donors (Lipinski definition) is 0. The summed E-state index contributed by atoms with van der Waals surface area (Å²) < 4.78 is 1.66. The molecule has 0 bridgehead atoms. The molecule has 0 saturated heterocycles. The molecule has 5 nitrogen and oxygen atoms in total. The Hall–Kier alpha value is -1.83. The van der Waals surface area contributed by atoms with E-state index >= 15 is 0 Å². The second-order valence-corrected chi connectivity index (χ2v) is 4.33. The lowest BCUT2D eigenvalue weighted by Crippen LogP contribution is -2.33. The highest BCUT2D eigenvalue weighted by Gasteiger charge is 2.26. The Morgan fingerprint density at radius 1 is 1.59 bits per heavy atom. The van der Waals surface area contributed by atoms with Gasteiger partial charge in [0.25, 0.3) is 0 Å². The average molecular weight is 232 g/mol. The Morgan fingerprint density at radius 3 is 3.00 bits per heavy atom. The van der Waals surface area contributed by atoms with E-state index < -0.39 is 0 Å². The number of nitrogens with zero attached hydrogens (tertiary/aromatic N) is 4. The molecule has 90 valence electrons. The quantitative estimate of drug-likeness (QED) is 0.673. The van der Waals surface area contributed by atoms with Crippen molar-refractivity contribution in [2.45, 2.75) is 25.8 Å². The summed E-state index contributed by atoms with van der Waals surface area (Å²) in [5.41, 5.74) is 0. The van der Waals surface area contributed by atoms with E-state index in [2.05, 4.69) is 16.0 Å². The van der Waals surface area contributed by atoms with Crippen LogP contribution in [0, 0.1) is 18.3 Å². The minimum Gasteiger partial charge on any atom is -0.331 e. The second-order valence-electron chi connectivity index (χ2n) is 4.33. The lowest BCUT2D eigenvalue weighted by Gasteiger charge is -2.19. The molecule has 1 aliphatic carbocycles. The number of hydrogen-bond acceptors (Lipinski definition) is 3. The van der Waals surface area contributed by atoms with Crippen LogP contribution < -0.4 is 0 Å². The van der Waals surface area contributed by atoms with Crippen LogP contribution in [0.25, 0.3) is 0 Å². The standard InChI is InChI=1S/C12H16N4O/c1-2-6-15(8-11-3-4-11)12(17)5-7-16-10-13-9-14-16/h1,9-11H,3-8H2. The van der Waals surface area contributed by atoms with E-state index in [0.29, 0.717) is 25.4 Å². The predicted molar refractivity (Wildman–Crippen MR) is 62.8 cm³/mol. The number of carbonyl (C=O) groups is 1. The van der Waals surface area contributed by atoms with Crippen molar-refractivity contribution in [2.24, 2.45) is 5.92 Å². The van der Waals surface area contributed by atoms with Crippen LogP contribution in [0.5, 0.6) is 0 Å². The van der Waals surface area contributed by atoms with E-state index in [9.17, 15) is 4.79 Å². The molecular formula is C12H16N4O. The van der Waals surface area contributed by atoms with Gasteiger partial charge in [-0.3, -0.25) is 9.48 Å². The number of aryl methyl sites for hydroxylation is 1. The van der Waals surface area contributed by atoms with Gasteiger partial charge in [-0.15, -0.1) is 6.42 Å². The Bertz CT molecular complexity index is 403. The average Bonchev–Trinajstić information content (AvgIpc) is 2.99. The lowest BCUT2D eigenvalue weighted by molar-refractivity contribution is -0.131. The summed E-state index contributed by atoms with van der Waals surface area (Å²) in [6, 6.07) is 0. The lowest BCUT2D eigenvalue weighted by atomic mass is 10.3. The van der Waals surface area contributed by atoms with E-state index in [1.807, 2.05) is 0 Å². The molecule has 1 saturated carbocycles. The molecule has 0 radical (unpaired) electrons. The summed E-state index contributed by atoms with van der Waals surface area (Å²) in [7, 11) is 0. The Labute approximate surface area is 101 Å². The van der Waals surface area contributed by atoms with Gasteiger partial charge < -0.3 is 4.90 Å². The fourth-order valence-electron chi connectivity index (χ4n) is 1.69. The van der Waals surface area contributed by atoms with Crippen LogP contribution in [0.4, 0.5) is 0 Å². The van der Waals surface area contributed by atoms with Crippen molar-refractivity contribution in [1.29, 1.82) is 0 Å². The summed E-state index contributed by atoms with van der Waals surface area (Å²) in [6.07, 6.45) is 11.2. The van der Waals surface area contributed by atoms with Gasteiger partial charge >= 0.3 is 0 Å². The van der Waals surface area contributed by atoms with Crippen molar-refractivity contribution in [1.82, 2.24) is 19.7 Å². The topological polar surface area (TPSA) is 51.0 Å². The molecular weight excluding hydrogens is 216 g/mol. The van der Waals surface area contributed by atoms with Gasteiger partial charge in [0, 0.05) is 13.0 Å². The predicted octanol–water partition coefficient (Wildman–Crippen LogP) is 0.540. The normalized spacial score (nSPS) is 14.3. The fourth-order valence-corrected chi connectivity index (χ4v) is 1.69. The maximum absolute atomic E-state index is 12.0. The zero-order valence-electron chi connectivity index (χ0n) is 9.75. The van der Waals surface area contributed by atoms with Crippen LogP contribution >= 0.6 is 0 Å². The number of aromatic nitrogens is 3. The van der Waals surface area contributed by atoms with Crippen molar-refractivity contribution >= 4 is 5.91 Å². The molecule has 5 heteroatoms. The van der Waals surface area contributed by atoms with Crippen molar-refractivity contribution < 1.29 is 4.79 Å². The number of terminal acetylenes is 1. The number of amides is 1. The van der Waals surface area contributed by atoms with Crippen molar-refractivity contribution in [3.63, 3.8) is 0 Å². The van der Waals surface area contributed by atoms with E-state index in [4.69, 9.17) is 6.42 Å². The van der Waals surface area contributed by atoms with E-state index in [-0.39, 0.29) is 5.91 Å². The molecule has 1 fully saturated rings. The molecule has 1 aromatic rings. The Balaban J connectivity index is 1.80. The second kappa shape index (κ2) is 5.48. The fraction of sp³-hybridized carbons (Fsp3) is 0.583. The van der Waals surface area contributed by atoms with Crippen molar-refractivity contribution in [3.05, 3.63) is 12.7 Å². The number of carbonyl (C=O) groups excluding carboxylic acids is 1. The summed E-state index contributed by atoms with van der Waals surface area (Å²) >= 11 is 0. The van der Waals surface area contributed by atoms with Gasteiger partial charge in [-0.25, -0.2) is 4.98 Å². The van der Waals surface area contributed by atoms with Gasteiger partial charge in [-0.1, -0.05) is 5.92 Å². The summed E-state index contributed by atoms with van der Waals surface area (Å²) in [4.78, 5) is 17.6. The van der Waals surface area contributed by atoms with Crippen molar-refractivity contribution in [2.75, 3.05) is 13.1 Å². The minimum atomic E-state index is 0.102. The summed E-state index contributed by atoms with van der Waals surface area (Å²) in [6.45, 7) is 1.78. The molecule has 0 spiro atoms. The Morgan fingerprint density at radius 2 is 2.41 bits per heavy atom. The van der Waals surface area contributed by atoms with Gasteiger partial charge in [-0.05, 0) is 18.8 Å².